The van der Waals surface area contributed by atoms with Crippen LogP contribution in [-0.2, 0) is 16.1 Å². The van der Waals surface area contributed by atoms with Gasteiger partial charge in [0.15, 0.2) is 5.82 Å². The van der Waals surface area contributed by atoms with Crippen LogP contribution in [0, 0.1) is 0 Å². The van der Waals surface area contributed by atoms with Gasteiger partial charge in [-0.1, -0.05) is 5.16 Å². The second kappa shape index (κ2) is 6.44. The van der Waals surface area contributed by atoms with Gasteiger partial charge in [0.25, 0.3) is 0 Å². The summed E-state index contributed by atoms with van der Waals surface area (Å²) in [5.74, 6) is 2.02. The molecule has 1 aromatic rings. The van der Waals surface area contributed by atoms with Crippen molar-refractivity contribution in [2.24, 2.45) is 0 Å². The molecule has 1 saturated carbocycles. The van der Waals surface area contributed by atoms with Gasteiger partial charge in [0.05, 0.1) is 6.54 Å². The number of cyclic esters (lactones) is 1. The second-order valence-corrected chi connectivity index (χ2v) is 7.52. The second-order valence-electron chi connectivity index (χ2n) is 7.52. The van der Waals surface area contributed by atoms with E-state index in [0.29, 0.717) is 12.0 Å². The number of carbonyl (C=O) groups is 1. The van der Waals surface area contributed by atoms with Crippen LogP contribution in [0.4, 0.5) is 0 Å². The lowest BCUT2D eigenvalue weighted by Gasteiger charge is -2.38. The van der Waals surface area contributed by atoms with Gasteiger partial charge in [-0.2, -0.15) is 4.98 Å². The Morgan fingerprint density at radius 3 is 2.88 bits per heavy atom. The quantitative estimate of drug-likeness (QED) is 0.757. The number of hydrogen-bond donors (Lipinski definition) is 0. The summed E-state index contributed by atoms with van der Waals surface area (Å²) < 4.78 is 10.7. The third-order valence-corrected chi connectivity index (χ3v) is 5.47. The van der Waals surface area contributed by atoms with Gasteiger partial charge >= 0.3 is 5.97 Å². The molecule has 0 radical (unpaired) electrons. The van der Waals surface area contributed by atoms with E-state index in [1.165, 1.54) is 12.8 Å². The van der Waals surface area contributed by atoms with Crippen molar-refractivity contribution in [3.8, 4) is 0 Å². The van der Waals surface area contributed by atoms with Crippen LogP contribution in [0.5, 0.6) is 0 Å². The van der Waals surface area contributed by atoms with E-state index in [1.807, 2.05) is 6.92 Å². The molecule has 0 N–H and O–H groups in total. The maximum Gasteiger partial charge on any atom is 0.323 e. The Morgan fingerprint density at radius 1 is 1.33 bits per heavy atom. The van der Waals surface area contributed by atoms with E-state index in [4.69, 9.17) is 9.26 Å². The Kier molecular flexibility index (Phi) is 4.30. The zero-order valence-electron chi connectivity index (χ0n) is 14.5. The minimum Gasteiger partial charge on any atom is -0.461 e. The van der Waals surface area contributed by atoms with Crippen LogP contribution in [0.15, 0.2) is 4.52 Å². The van der Waals surface area contributed by atoms with E-state index in [2.05, 4.69) is 27.0 Å². The first-order valence-corrected chi connectivity index (χ1v) is 9.07. The number of aromatic nitrogens is 2. The largest absolute Gasteiger partial charge is 0.461 e. The average molecular weight is 334 g/mol. The highest BCUT2D eigenvalue weighted by atomic mass is 16.6. The highest BCUT2D eigenvalue weighted by Crippen LogP contribution is 2.38. The zero-order valence-corrected chi connectivity index (χ0v) is 14.5. The van der Waals surface area contributed by atoms with Crippen molar-refractivity contribution in [1.82, 2.24) is 19.9 Å². The SMILES string of the molecule is C[C@@H]1C[C@H](N(C)[C@H]2CCCN(Cc3noc(C4CC4)n3)C2)C(=O)O1. The van der Waals surface area contributed by atoms with Gasteiger partial charge < -0.3 is 9.26 Å². The van der Waals surface area contributed by atoms with Crippen LogP contribution in [0.1, 0.15) is 56.7 Å². The predicted octanol–water partition coefficient (Wildman–Crippen LogP) is 1.55. The van der Waals surface area contributed by atoms with Crippen LogP contribution in [0.25, 0.3) is 0 Å². The fourth-order valence-corrected chi connectivity index (χ4v) is 3.86. The normalized spacial score (nSPS) is 31.6. The molecule has 3 aliphatic rings. The van der Waals surface area contributed by atoms with Gasteiger partial charge in [-0.3, -0.25) is 14.6 Å². The van der Waals surface area contributed by atoms with Gasteiger partial charge in [-0.25, -0.2) is 0 Å². The molecular weight excluding hydrogens is 308 g/mol. The van der Waals surface area contributed by atoms with Crippen LogP contribution in [0.3, 0.4) is 0 Å². The molecule has 0 unspecified atom stereocenters. The molecule has 0 aromatic carbocycles. The highest BCUT2D eigenvalue weighted by molar-refractivity contribution is 5.78. The first-order valence-electron chi connectivity index (χ1n) is 9.07. The third-order valence-electron chi connectivity index (χ3n) is 5.47. The van der Waals surface area contributed by atoms with Crippen molar-refractivity contribution in [2.45, 2.75) is 69.7 Å². The molecule has 0 amide bonds. The van der Waals surface area contributed by atoms with E-state index in [-0.39, 0.29) is 18.1 Å². The van der Waals surface area contributed by atoms with E-state index in [1.54, 1.807) is 0 Å². The summed E-state index contributed by atoms with van der Waals surface area (Å²) in [5, 5.41) is 4.13. The number of piperidine rings is 1. The summed E-state index contributed by atoms with van der Waals surface area (Å²) in [5.41, 5.74) is 0. The van der Waals surface area contributed by atoms with Crippen LogP contribution >= 0.6 is 0 Å². The molecule has 7 heteroatoms. The molecule has 7 nitrogen and oxygen atoms in total. The van der Waals surface area contributed by atoms with Crippen molar-refractivity contribution in [3.63, 3.8) is 0 Å². The lowest BCUT2D eigenvalue weighted by atomic mass is 10.0. The van der Waals surface area contributed by atoms with E-state index >= 15 is 0 Å². The Bertz CT molecular complexity index is 600. The minimum absolute atomic E-state index is 0.0322. The van der Waals surface area contributed by atoms with Crippen molar-refractivity contribution in [2.75, 3.05) is 20.1 Å². The predicted molar refractivity (Wildman–Crippen MR) is 86.3 cm³/mol. The maximum atomic E-state index is 12.0. The van der Waals surface area contributed by atoms with E-state index < -0.39 is 0 Å². The number of likely N-dealkylation sites (tertiary alicyclic amines) is 1. The number of rotatable bonds is 5. The van der Waals surface area contributed by atoms with Crippen molar-refractivity contribution in [1.29, 1.82) is 0 Å². The summed E-state index contributed by atoms with van der Waals surface area (Å²) in [4.78, 5) is 21.1. The standard InChI is InChI=1S/C17H26N4O3/c1-11-8-14(17(22)23-11)20(2)13-4-3-7-21(9-13)10-15-18-16(24-19-15)12-5-6-12/h11-14H,3-10H2,1-2H3/t11-,13+,14+/m1/s1. The first kappa shape index (κ1) is 16.0. The van der Waals surface area contributed by atoms with Crippen molar-refractivity contribution in [3.05, 3.63) is 11.7 Å². The van der Waals surface area contributed by atoms with E-state index in [0.717, 1.165) is 50.6 Å². The number of nitrogens with zero attached hydrogens (tertiary/aromatic N) is 4. The molecule has 1 aliphatic carbocycles. The molecule has 1 aromatic heterocycles. The molecule has 3 heterocycles. The average Bonchev–Trinajstić information content (AvgIpc) is 3.22. The lowest BCUT2D eigenvalue weighted by Crippen LogP contribution is -2.51. The number of likely N-dealkylation sites (N-methyl/N-ethyl adjacent to an activating group) is 1. The van der Waals surface area contributed by atoms with Crippen LogP contribution in [0.2, 0.25) is 0 Å². The molecule has 24 heavy (non-hydrogen) atoms. The molecule has 0 spiro atoms. The van der Waals surface area contributed by atoms with Crippen molar-refractivity contribution >= 4 is 5.97 Å². The topological polar surface area (TPSA) is 71.7 Å². The minimum atomic E-state index is -0.100. The monoisotopic (exact) mass is 334 g/mol. The number of ether oxygens (including phenoxy) is 1. The van der Waals surface area contributed by atoms with Crippen LogP contribution in [-0.4, -0.2) is 64.2 Å². The first-order chi connectivity index (χ1) is 11.6. The van der Waals surface area contributed by atoms with Gasteiger partial charge in [-0.05, 0) is 46.2 Å². The molecular formula is C17H26N4O3. The van der Waals surface area contributed by atoms with Gasteiger partial charge in [0, 0.05) is 24.9 Å². The summed E-state index contributed by atoms with van der Waals surface area (Å²) in [7, 11) is 2.05. The molecule has 2 saturated heterocycles. The van der Waals surface area contributed by atoms with Crippen molar-refractivity contribution < 1.29 is 14.1 Å². The summed E-state index contributed by atoms with van der Waals surface area (Å²) in [6.07, 6.45) is 5.42. The van der Waals surface area contributed by atoms with Gasteiger partial charge in [-0.15, -0.1) is 0 Å². The molecule has 4 rings (SSSR count). The Labute approximate surface area is 142 Å². The lowest BCUT2D eigenvalue weighted by molar-refractivity contribution is -0.145. The molecule has 3 atom stereocenters. The Balaban J connectivity index is 1.35. The Hall–Kier alpha value is -1.47. The van der Waals surface area contributed by atoms with E-state index in [9.17, 15) is 4.79 Å². The number of esters is 1. The Morgan fingerprint density at radius 2 is 2.17 bits per heavy atom. The smallest absolute Gasteiger partial charge is 0.323 e. The molecule has 3 fully saturated rings. The maximum absolute atomic E-state index is 12.0. The van der Waals surface area contributed by atoms with Gasteiger partial charge in [0.2, 0.25) is 5.89 Å². The fourth-order valence-electron chi connectivity index (χ4n) is 3.86. The highest BCUT2D eigenvalue weighted by Gasteiger charge is 2.38. The summed E-state index contributed by atoms with van der Waals surface area (Å²) >= 11 is 0. The van der Waals surface area contributed by atoms with Crippen LogP contribution < -0.4 is 0 Å². The third kappa shape index (κ3) is 3.32. The number of hydrogen-bond acceptors (Lipinski definition) is 7. The summed E-state index contributed by atoms with van der Waals surface area (Å²) in [6.45, 7) is 4.67. The zero-order chi connectivity index (χ0) is 16.7. The molecule has 0 bridgehead atoms. The summed E-state index contributed by atoms with van der Waals surface area (Å²) in [6, 6.07) is 0.271. The molecule has 2 aliphatic heterocycles. The molecule has 132 valence electrons. The van der Waals surface area contributed by atoms with Gasteiger partial charge in [0.1, 0.15) is 12.1 Å². The fraction of sp³-hybridized carbons (Fsp3) is 0.824. The number of carbonyl (C=O) groups excluding carboxylic acids is 1.